The third-order valence-corrected chi connectivity index (χ3v) is 3.20. The zero-order chi connectivity index (χ0) is 13.3. The van der Waals surface area contributed by atoms with Crippen molar-refractivity contribution in [3.8, 4) is 0 Å². The standard InChI is InChI=1S/C13H26N2O2/c1-12(2,3)17-11(16)15-10(7-9-14)6-8-13(15,4)5/h10H,6-9,14H2,1-5H3/t10-/m0/s1. The third-order valence-electron chi connectivity index (χ3n) is 3.20. The summed E-state index contributed by atoms with van der Waals surface area (Å²) < 4.78 is 5.48. The molecule has 1 atom stereocenters. The van der Waals surface area contributed by atoms with Crippen LogP contribution in [0, 0.1) is 0 Å². The summed E-state index contributed by atoms with van der Waals surface area (Å²) in [4.78, 5) is 14.1. The Morgan fingerprint density at radius 1 is 1.47 bits per heavy atom. The van der Waals surface area contributed by atoms with Gasteiger partial charge in [-0.1, -0.05) is 0 Å². The molecular formula is C13H26N2O2. The number of carbonyl (C=O) groups excluding carboxylic acids is 1. The monoisotopic (exact) mass is 242 g/mol. The van der Waals surface area contributed by atoms with Crippen molar-refractivity contribution in [2.24, 2.45) is 5.73 Å². The van der Waals surface area contributed by atoms with E-state index < -0.39 is 5.60 Å². The average molecular weight is 242 g/mol. The first-order valence-corrected chi connectivity index (χ1v) is 6.40. The molecule has 0 radical (unpaired) electrons. The largest absolute Gasteiger partial charge is 0.444 e. The number of carbonyl (C=O) groups is 1. The highest BCUT2D eigenvalue weighted by Gasteiger charge is 2.43. The Balaban J connectivity index is 2.79. The van der Waals surface area contributed by atoms with E-state index in [1.807, 2.05) is 25.7 Å². The summed E-state index contributed by atoms with van der Waals surface area (Å²) in [6, 6.07) is 0.227. The van der Waals surface area contributed by atoms with Crippen molar-refractivity contribution in [2.75, 3.05) is 6.54 Å². The number of likely N-dealkylation sites (tertiary alicyclic amines) is 1. The van der Waals surface area contributed by atoms with Gasteiger partial charge in [0.15, 0.2) is 0 Å². The molecule has 2 N–H and O–H groups in total. The van der Waals surface area contributed by atoms with Gasteiger partial charge in [-0.15, -0.1) is 0 Å². The van der Waals surface area contributed by atoms with Crippen LogP contribution in [0.15, 0.2) is 0 Å². The van der Waals surface area contributed by atoms with Crippen LogP contribution in [0.2, 0.25) is 0 Å². The number of nitrogens with two attached hydrogens (primary N) is 1. The molecule has 1 amide bonds. The van der Waals surface area contributed by atoms with E-state index in [1.54, 1.807) is 0 Å². The van der Waals surface area contributed by atoms with Gasteiger partial charge in [-0.2, -0.15) is 0 Å². The topological polar surface area (TPSA) is 55.6 Å². The fraction of sp³-hybridized carbons (Fsp3) is 0.923. The molecule has 0 unspecified atom stereocenters. The van der Waals surface area contributed by atoms with Crippen molar-refractivity contribution in [2.45, 2.75) is 71.1 Å². The number of ether oxygens (including phenoxy) is 1. The number of nitrogens with zero attached hydrogens (tertiary/aromatic N) is 1. The van der Waals surface area contributed by atoms with E-state index in [0.29, 0.717) is 6.54 Å². The summed E-state index contributed by atoms with van der Waals surface area (Å²) in [6.07, 6.45) is 2.67. The second-order valence-electron chi connectivity index (χ2n) is 6.43. The van der Waals surface area contributed by atoms with Crippen LogP contribution in [-0.2, 0) is 4.74 Å². The first kappa shape index (κ1) is 14.3. The molecule has 4 nitrogen and oxygen atoms in total. The molecule has 0 aromatic heterocycles. The van der Waals surface area contributed by atoms with E-state index in [0.717, 1.165) is 19.3 Å². The van der Waals surface area contributed by atoms with Crippen LogP contribution < -0.4 is 5.73 Å². The predicted molar refractivity (Wildman–Crippen MR) is 68.8 cm³/mol. The lowest BCUT2D eigenvalue weighted by Gasteiger charge is -2.37. The highest BCUT2D eigenvalue weighted by molar-refractivity contribution is 5.70. The number of hydrogen-bond donors (Lipinski definition) is 1. The molecule has 4 heteroatoms. The molecule has 0 bridgehead atoms. The normalized spacial score (nSPS) is 23.9. The van der Waals surface area contributed by atoms with Gasteiger partial charge in [-0.25, -0.2) is 4.79 Å². The highest BCUT2D eigenvalue weighted by Crippen LogP contribution is 2.35. The maximum atomic E-state index is 12.2. The lowest BCUT2D eigenvalue weighted by atomic mass is 10.0. The van der Waals surface area contributed by atoms with Gasteiger partial charge in [0.05, 0.1) is 0 Å². The molecule has 0 saturated carbocycles. The SMILES string of the molecule is CC(C)(C)OC(=O)N1[C@H](CCN)CCC1(C)C. The molecule has 1 fully saturated rings. The van der Waals surface area contributed by atoms with Gasteiger partial charge in [0.1, 0.15) is 5.60 Å². The van der Waals surface area contributed by atoms with Gasteiger partial charge in [0.2, 0.25) is 0 Å². The molecule has 0 spiro atoms. The Bertz CT molecular complexity index is 282. The average Bonchev–Trinajstić information content (AvgIpc) is 2.39. The first-order chi connectivity index (χ1) is 7.67. The van der Waals surface area contributed by atoms with Crippen molar-refractivity contribution in [3.63, 3.8) is 0 Å². The van der Waals surface area contributed by atoms with Crippen LogP contribution >= 0.6 is 0 Å². The maximum Gasteiger partial charge on any atom is 0.410 e. The van der Waals surface area contributed by atoms with Crippen LogP contribution in [0.25, 0.3) is 0 Å². The lowest BCUT2D eigenvalue weighted by Crippen LogP contribution is -2.49. The molecular weight excluding hydrogens is 216 g/mol. The molecule has 1 heterocycles. The van der Waals surface area contributed by atoms with Crippen molar-refractivity contribution in [1.29, 1.82) is 0 Å². The molecule has 1 rings (SSSR count). The Labute approximate surface area is 104 Å². The zero-order valence-corrected chi connectivity index (χ0v) is 11.7. The fourth-order valence-corrected chi connectivity index (χ4v) is 2.44. The lowest BCUT2D eigenvalue weighted by molar-refractivity contribution is 0.00330. The van der Waals surface area contributed by atoms with E-state index in [-0.39, 0.29) is 17.7 Å². The Hall–Kier alpha value is -0.770. The summed E-state index contributed by atoms with van der Waals surface area (Å²) >= 11 is 0. The van der Waals surface area contributed by atoms with E-state index in [2.05, 4.69) is 13.8 Å². The summed E-state index contributed by atoms with van der Waals surface area (Å²) in [7, 11) is 0. The maximum absolute atomic E-state index is 12.2. The third kappa shape index (κ3) is 3.60. The summed E-state index contributed by atoms with van der Waals surface area (Å²) in [5, 5.41) is 0. The highest BCUT2D eigenvalue weighted by atomic mass is 16.6. The van der Waals surface area contributed by atoms with E-state index >= 15 is 0 Å². The van der Waals surface area contributed by atoms with Gasteiger partial charge in [0.25, 0.3) is 0 Å². The second-order valence-corrected chi connectivity index (χ2v) is 6.43. The molecule has 0 aliphatic carbocycles. The number of hydrogen-bond acceptors (Lipinski definition) is 3. The van der Waals surface area contributed by atoms with E-state index in [9.17, 15) is 4.79 Å². The van der Waals surface area contributed by atoms with Gasteiger partial charge in [-0.05, 0) is 60.4 Å². The van der Waals surface area contributed by atoms with Crippen LogP contribution in [0.3, 0.4) is 0 Å². The van der Waals surface area contributed by atoms with Gasteiger partial charge in [-0.3, -0.25) is 0 Å². The minimum Gasteiger partial charge on any atom is -0.444 e. The summed E-state index contributed by atoms with van der Waals surface area (Å²) in [5.41, 5.74) is 5.04. The van der Waals surface area contributed by atoms with E-state index in [4.69, 9.17) is 10.5 Å². The van der Waals surface area contributed by atoms with Crippen molar-refractivity contribution in [1.82, 2.24) is 4.90 Å². The zero-order valence-electron chi connectivity index (χ0n) is 11.7. The molecule has 17 heavy (non-hydrogen) atoms. The smallest absolute Gasteiger partial charge is 0.410 e. The fourth-order valence-electron chi connectivity index (χ4n) is 2.44. The van der Waals surface area contributed by atoms with Crippen molar-refractivity contribution in [3.05, 3.63) is 0 Å². The van der Waals surface area contributed by atoms with Crippen LogP contribution in [0.5, 0.6) is 0 Å². The molecule has 0 aromatic carbocycles. The minimum absolute atomic E-state index is 0.123. The second kappa shape index (κ2) is 4.84. The molecule has 1 saturated heterocycles. The van der Waals surface area contributed by atoms with Crippen LogP contribution in [0.4, 0.5) is 4.79 Å². The molecule has 1 aliphatic heterocycles. The first-order valence-electron chi connectivity index (χ1n) is 6.40. The van der Waals surface area contributed by atoms with Crippen molar-refractivity contribution < 1.29 is 9.53 Å². The van der Waals surface area contributed by atoms with Crippen LogP contribution in [-0.4, -0.2) is 34.7 Å². The molecule has 100 valence electrons. The quantitative estimate of drug-likeness (QED) is 0.809. The van der Waals surface area contributed by atoms with Crippen molar-refractivity contribution >= 4 is 6.09 Å². The Morgan fingerprint density at radius 3 is 2.53 bits per heavy atom. The van der Waals surface area contributed by atoms with Gasteiger partial charge < -0.3 is 15.4 Å². The van der Waals surface area contributed by atoms with Crippen LogP contribution in [0.1, 0.15) is 53.9 Å². The summed E-state index contributed by atoms with van der Waals surface area (Å²) in [5.74, 6) is 0. The van der Waals surface area contributed by atoms with Gasteiger partial charge in [0, 0.05) is 11.6 Å². The number of rotatable bonds is 2. The molecule has 0 aromatic rings. The predicted octanol–water partition coefficient (Wildman–Crippen LogP) is 2.51. The van der Waals surface area contributed by atoms with Gasteiger partial charge >= 0.3 is 6.09 Å². The number of amides is 1. The van der Waals surface area contributed by atoms with E-state index in [1.165, 1.54) is 0 Å². The Kier molecular flexibility index (Phi) is 4.07. The Morgan fingerprint density at radius 2 is 2.06 bits per heavy atom. The summed E-state index contributed by atoms with van der Waals surface area (Å²) in [6.45, 7) is 10.5. The minimum atomic E-state index is -0.441. The molecule has 1 aliphatic rings.